The maximum Gasteiger partial charge on any atom is 0.303 e. The van der Waals surface area contributed by atoms with E-state index in [1.165, 1.54) is 11.1 Å². The van der Waals surface area contributed by atoms with Gasteiger partial charge in [-0.2, -0.15) is 0 Å². The minimum Gasteiger partial charge on any atom is -0.493 e. The minimum absolute atomic E-state index is 0.0154. The molecule has 10 heteroatoms. The third kappa shape index (κ3) is 8.61. The highest BCUT2D eigenvalue weighted by molar-refractivity contribution is 5.90. The molecule has 0 bridgehead atoms. The van der Waals surface area contributed by atoms with Crippen molar-refractivity contribution < 1.29 is 38.7 Å². The molecule has 2 heterocycles. The maximum atomic E-state index is 12.3. The molecule has 0 aliphatic carbocycles. The number of amides is 1. The summed E-state index contributed by atoms with van der Waals surface area (Å²) in [5.74, 6) is 0.470. The molecule has 1 amide bonds. The summed E-state index contributed by atoms with van der Waals surface area (Å²) in [4.78, 5) is 25.4. The Balaban J connectivity index is 1.27. The van der Waals surface area contributed by atoms with E-state index in [2.05, 4.69) is 22.3 Å². The van der Waals surface area contributed by atoms with Crippen LogP contribution in [0, 0.1) is 0 Å². The molecule has 3 atom stereocenters. The van der Waals surface area contributed by atoms with Crippen molar-refractivity contribution in [3.8, 4) is 11.5 Å². The number of nitrogens with one attached hydrogen (secondary N) is 1. The van der Waals surface area contributed by atoms with Crippen LogP contribution in [0.4, 0.5) is 5.69 Å². The van der Waals surface area contributed by atoms with Crippen molar-refractivity contribution in [1.29, 1.82) is 0 Å². The number of anilines is 1. The number of carbonyl (C=O) groups is 2. The Morgan fingerprint density at radius 3 is 2.24 bits per heavy atom. The zero-order valence-electron chi connectivity index (χ0n) is 25.9. The molecule has 0 aromatic heterocycles. The molecule has 3 aromatic carbocycles. The molecule has 1 fully saturated rings. The van der Waals surface area contributed by atoms with Gasteiger partial charge in [-0.25, -0.2) is 0 Å². The smallest absolute Gasteiger partial charge is 0.303 e. The number of unbranched alkanes of at least 4 members (excludes halogenated alkanes) is 1. The number of carboxylic acids is 1. The number of aliphatic hydroxyl groups is 1. The Bertz CT molecular complexity index is 1440. The molecule has 10 nitrogen and oxygen atoms in total. The van der Waals surface area contributed by atoms with E-state index in [9.17, 15) is 14.7 Å². The standard InChI is InChI=1S/C35H42N2O8/c1-42-31-17-26-15-16-37(20-27(26)18-32(31)43-2)21-29-19-30(24-9-7-23(22-38)8-10-24)45-35(44-29)25-11-13-28(14-12-25)36-33(39)5-3-4-6-34(40)41/h7-14,17-18,29-30,35,38H,3-6,15-16,19-22H2,1-2H3,(H,36,39)(H,40,41). The van der Waals surface area contributed by atoms with Crippen molar-refractivity contribution >= 4 is 17.6 Å². The highest BCUT2D eigenvalue weighted by Crippen LogP contribution is 2.39. The molecular formula is C35H42N2O8. The molecule has 3 N–H and O–H groups in total. The molecule has 2 aliphatic heterocycles. The van der Waals surface area contributed by atoms with E-state index in [4.69, 9.17) is 24.1 Å². The Hall–Kier alpha value is -3.96. The van der Waals surface area contributed by atoms with E-state index in [1.807, 2.05) is 48.5 Å². The van der Waals surface area contributed by atoms with Gasteiger partial charge in [-0.05, 0) is 65.8 Å². The average Bonchev–Trinajstić information content (AvgIpc) is 3.06. The predicted molar refractivity (Wildman–Crippen MR) is 168 cm³/mol. The first kappa shape index (κ1) is 32.4. The van der Waals surface area contributed by atoms with E-state index in [-0.39, 0.29) is 37.6 Å². The number of benzene rings is 3. The zero-order valence-corrected chi connectivity index (χ0v) is 25.9. The van der Waals surface area contributed by atoms with Crippen LogP contribution in [0.25, 0.3) is 0 Å². The van der Waals surface area contributed by atoms with Crippen LogP contribution >= 0.6 is 0 Å². The molecule has 2 aliphatic rings. The number of rotatable bonds is 13. The first-order valence-corrected chi connectivity index (χ1v) is 15.4. The summed E-state index contributed by atoms with van der Waals surface area (Å²) in [6.07, 6.45) is 2.00. The Morgan fingerprint density at radius 1 is 0.911 bits per heavy atom. The lowest BCUT2D eigenvalue weighted by Gasteiger charge is -2.39. The van der Waals surface area contributed by atoms with Crippen LogP contribution in [0.1, 0.15) is 72.3 Å². The molecule has 0 radical (unpaired) electrons. The molecule has 0 saturated carbocycles. The zero-order chi connectivity index (χ0) is 31.8. The number of aliphatic hydroxyl groups excluding tert-OH is 1. The number of nitrogens with zero attached hydrogens (tertiary/aromatic N) is 1. The highest BCUT2D eigenvalue weighted by atomic mass is 16.7. The number of fused-ring (bicyclic) bond motifs is 1. The largest absolute Gasteiger partial charge is 0.493 e. The summed E-state index contributed by atoms with van der Waals surface area (Å²) in [7, 11) is 3.31. The first-order valence-electron chi connectivity index (χ1n) is 15.4. The van der Waals surface area contributed by atoms with Gasteiger partial charge in [-0.3, -0.25) is 14.5 Å². The van der Waals surface area contributed by atoms with Crippen LogP contribution in [0.3, 0.4) is 0 Å². The van der Waals surface area contributed by atoms with Crippen LogP contribution in [-0.2, 0) is 38.6 Å². The topological polar surface area (TPSA) is 127 Å². The number of aliphatic carboxylic acids is 1. The predicted octanol–water partition coefficient (Wildman–Crippen LogP) is 5.38. The third-order valence-electron chi connectivity index (χ3n) is 8.38. The van der Waals surface area contributed by atoms with Crippen molar-refractivity contribution in [2.24, 2.45) is 0 Å². The van der Waals surface area contributed by atoms with Crippen molar-refractivity contribution in [3.63, 3.8) is 0 Å². The second-order valence-corrected chi connectivity index (χ2v) is 11.6. The lowest BCUT2D eigenvalue weighted by Crippen LogP contribution is -2.41. The molecule has 3 aromatic rings. The van der Waals surface area contributed by atoms with Gasteiger partial charge in [0.1, 0.15) is 0 Å². The van der Waals surface area contributed by atoms with Crippen molar-refractivity contribution in [2.75, 3.05) is 32.6 Å². The Labute approximate surface area is 263 Å². The van der Waals surface area contributed by atoms with Crippen LogP contribution < -0.4 is 14.8 Å². The monoisotopic (exact) mass is 618 g/mol. The summed E-state index contributed by atoms with van der Waals surface area (Å²) < 4.78 is 24.1. The van der Waals surface area contributed by atoms with Crippen molar-refractivity contribution in [2.45, 2.75) is 70.2 Å². The summed E-state index contributed by atoms with van der Waals surface area (Å²) >= 11 is 0. The molecule has 5 rings (SSSR count). The third-order valence-corrected chi connectivity index (χ3v) is 8.38. The number of carbonyl (C=O) groups excluding carboxylic acids is 1. The number of carboxylic acid groups (broad SMARTS) is 1. The van der Waals surface area contributed by atoms with E-state index in [0.29, 0.717) is 24.9 Å². The molecule has 240 valence electrons. The fraction of sp³-hybridized carbons (Fsp3) is 0.429. The summed E-state index contributed by atoms with van der Waals surface area (Å²) in [5, 5.41) is 21.2. The number of hydrogen-bond acceptors (Lipinski definition) is 8. The van der Waals surface area contributed by atoms with Gasteiger partial charge < -0.3 is 34.5 Å². The van der Waals surface area contributed by atoms with Crippen LogP contribution in [-0.4, -0.2) is 60.4 Å². The molecule has 1 saturated heterocycles. The molecular weight excluding hydrogens is 576 g/mol. The number of hydrogen-bond donors (Lipinski definition) is 3. The second kappa shape index (κ2) is 15.4. The SMILES string of the molecule is COc1cc2c(cc1OC)CN(CC1CC(c3ccc(CO)cc3)OC(c3ccc(NC(=O)CCCCC(=O)O)cc3)O1)CC2. The van der Waals surface area contributed by atoms with Gasteiger partial charge in [-0.1, -0.05) is 36.4 Å². The summed E-state index contributed by atoms with van der Waals surface area (Å²) in [5.41, 5.74) is 5.86. The van der Waals surface area contributed by atoms with E-state index >= 15 is 0 Å². The van der Waals surface area contributed by atoms with E-state index < -0.39 is 12.3 Å². The van der Waals surface area contributed by atoms with Gasteiger partial charge in [0, 0.05) is 50.1 Å². The van der Waals surface area contributed by atoms with Crippen LogP contribution in [0.5, 0.6) is 11.5 Å². The van der Waals surface area contributed by atoms with Crippen molar-refractivity contribution in [1.82, 2.24) is 4.90 Å². The van der Waals surface area contributed by atoms with Gasteiger partial charge in [0.25, 0.3) is 0 Å². The van der Waals surface area contributed by atoms with E-state index in [0.717, 1.165) is 54.2 Å². The van der Waals surface area contributed by atoms with Crippen molar-refractivity contribution in [3.05, 3.63) is 88.5 Å². The molecule has 45 heavy (non-hydrogen) atoms. The van der Waals surface area contributed by atoms with Crippen LogP contribution in [0.15, 0.2) is 60.7 Å². The molecule has 3 unspecified atom stereocenters. The van der Waals surface area contributed by atoms with Gasteiger partial charge >= 0.3 is 5.97 Å². The van der Waals surface area contributed by atoms with E-state index in [1.54, 1.807) is 14.2 Å². The lowest BCUT2D eigenvalue weighted by molar-refractivity contribution is -0.253. The highest BCUT2D eigenvalue weighted by Gasteiger charge is 2.34. The fourth-order valence-electron chi connectivity index (χ4n) is 5.93. The number of methoxy groups -OCH3 is 2. The van der Waals surface area contributed by atoms with Gasteiger partial charge in [0.05, 0.1) is 33.0 Å². The fourth-order valence-corrected chi connectivity index (χ4v) is 5.93. The normalized spacial score (nSPS) is 19.8. The summed E-state index contributed by atoms with van der Waals surface area (Å²) in [6, 6.07) is 19.4. The second-order valence-electron chi connectivity index (χ2n) is 11.6. The quantitative estimate of drug-likeness (QED) is 0.216. The molecule has 0 spiro atoms. The first-order chi connectivity index (χ1) is 21.8. The Kier molecular flexibility index (Phi) is 11.1. The van der Waals surface area contributed by atoms with Gasteiger partial charge in [0.2, 0.25) is 5.91 Å². The Morgan fingerprint density at radius 2 is 1.58 bits per heavy atom. The maximum absolute atomic E-state index is 12.3. The minimum atomic E-state index is -0.854. The summed E-state index contributed by atoms with van der Waals surface area (Å²) in [6.45, 7) is 2.39. The number of ether oxygens (including phenoxy) is 4. The van der Waals surface area contributed by atoms with Gasteiger partial charge in [0.15, 0.2) is 17.8 Å². The lowest BCUT2D eigenvalue weighted by atomic mass is 9.97. The van der Waals surface area contributed by atoms with Gasteiger partial charge in [-0.15, -0.1) is 0 Å². The average molecular weight is 619 g/mol. The van der Waals surface area contributed by atoms with Crippen LogP contribution in [0.2, 0.25) is 0 Å².